The van der Waals surface area contributed by atoms with Crippen LogP contribution in [0.4, 0.5) is 0 Å². The quantitative estimate of drug-likeness (QED) is 0.436. The highest BCUT2D eigenvalue weighted by atomic mass is 28.4. The average molecular weight is 307 g/mol. The standard InChI is InChI=1S/C13H29NO5Si/c1-13(2,3)20(7,8)19-10(12(17-5)18-6)9(14)11(15)16-4/h9-10,12H,14H2,1-8H3/t9-,10+/m0/s1. The SMILES string of the molecule is COC(=O)[C@@H](N)[C@@H](O[Si](C)(C)C(C)(C)C)C(OC)OC. The molecule has 0 amide bonds. The van der Waals surface area contributed by atoms with Crippen molar-refractivity contribution < 1.29 is 23.4 Å². The van der Waals surface area contributed by atoms with Crippen LogP contribution in [0.5, 0.6) is 0 Å². The van der Waals surface area contributed by atoms with Crippen LogP contribution in [-0.2, 0) is 23.4 Å². The number of ether oxygens (including phenoxy) is 3. The van der Waals surface area contributed by atoms with E-state index >= 15 is 0 Å². The second-order valence-corrected chi connectivity index (χ2v) is 11.0. The lowest BCUT2D eigenvalue weighted by molar-refractivity contribution is -0.176. The Morgan fingerprint density at radius 3 is 1.85 bits per heavy atom. The molecule has 0 aliphatic carbocycles. The zero-order chi connectivity index (χ0) is 16.1. The number of hydrogen-bond acceptors (Lipinski definition) is 6. The van der Waals surface area contributed by atoms with E-state index in [4.69, 9.17) is 24.4 Å². The van der Waals surface area contributed by atoms with E-state index in [1.54, 1.807) is 0 Å². The summed E-state index contributed by atoms with van der Waals surface area (Å²) in [6.45, 7) is 10.5. The van der Waals surface area contributed by atoms with Gasteiger partial charge in [-0.1, -0.05) is 20.8 Å². The summed E-state index contributed by atoms with van der Waals surface area (Å²) in [5.74, 6) is -0.548. The van der Waals surface area contributed by atoms with Crippen molar-refractivity contribution in [3.05, 3.63) is 0 Å². The van der Waals surface area contributed by atoms with Crippen LogP contribution in [0.15, 0.2) is 0 Å². The molecule has 0 aromatic carbocycles. The minimum atomic E-state index is -2.13. The number of nitrogens with two attached hydrogens (primary N) is 1. The Balaban J connectivity index is 5.29. The third kappa shape index (κ3) is 4.82. The molecular formula is C13H29NO5Si. The van der Waals surface area contributed by atoms with Gasteiger partial charge in [0, 0.05) is 14.2 Å². The lowest BCUT2D eigenvalue weighted by Crippen LogP contribution is -2.57. The third-order valence-corrected chi connectivity index (χ3v) is 8.27. The minimum Gasteiger partial charge on any atom is -0.468 e. The van der Waals surface area contributed by atoms with Crippen molar-refractivity contribution in [1.29, 1.82) is 0 Å². The molecule has 2 N–H and O–H groups in total. The maximum absolute atomic E-state index is 11.7. The average Bonchev–Trinajstić information content (AvgIpc) is 2.35. The molecule has 0 fully saturated rings. The smallest absolute Gasteiger partial charge is 0.325 e. The molecule has 20 heavy (non-hydrogen) atoms. The van der Waals surface area contributed by atoms with Crippen LogP contribution in [0.2, 0.25) is 18.1 Å². The van der Waals surface area contributed by atoms with Gasteiger partial charge in [0.2, 0.25) is 0 Å². The molecule has 0 radical (unpaired) electrons. The monoisotopic (exact) mass is 307 g/mol. The number of carbonyl (C=O) groups is 1. The van der Waals surface area contributed by atoms with Crippen molar-refractivity contribution >= 4 is 14.3 Å². The molecule has 0 aromatic rings. The molecule has 0 aromatic heterocycles. The van der Waals surface area contributed by atoms with Crippen LogP contribution in [0.25, 0.3) is 0 Å². The lowest BCUT2D eigenvalue weighted by Gasteiger charge is -2.41. The molecule has 0 rings (SSSR count). The van der Waals surface area contributed by atoms with Crippen LogP contribution in [0, 0.1) is 0 Å². The maximum atomic E-state index is 11.7. The number of methoxy groups -OCH3 is 3. The largest absolute Gasteiger partial charge is 0.468 e. The molecule has 6 nitrogen and oxygen atoms in total. The zero-order valence-electron chi connectivity index (χ0n) is 13.9. The summed E-state index contributed by atoms with van der Waals surface area (Å²) < 4.78 is 21.3. The second-order valence-electron chi connectivity index (χ2n) is 6.23. The summed E-state index contributed by atoms with van der Waals surface area (Å²) in [4.78, 5) is 11.7. The van der Waals surface area contributed by atoms with Crippen LogP contribution >= 0.6 is 0 Å². The molecule has 2 atom stereocenters. The number of rotatable bonds is 7. The van der Waals surface area contributed by atoms with Crippen molar-refractivity contribution in [3.63, 3.8) is 0 Å². The second kappa shape index (κ2) is 7.51. The van der Waals surface area contributed by atoms with Gasteiger partial charge in [0.1, 0.15) is 12.1 Å². The summed E-state index contributed by atoms with van der Waals surface area (Å²) in [6, 6.07) is -0.959. The van der Waals surface area contributed by atoms with Gasteiger partial charge in [-0.25, -0.2) is 0 Å². The van der Waals surface area contributed by atoms with Gasteiger partial charge in [0.25, 0.3) is 0 Å². The normalized spacial score (nSPS) is 16.1. The van der Waals surface area contributed by atoms with Crippen LogP contribution in [-0.4, -0.2) is 54.1 Å². The van der Waals surface area contributed by atoms with E-state index in [9.17, 15) is 4.79 Å². The van der Waals surface area contributed by atoms with Crippen molar-refractivity contribution in [2.75, 3.05) is 21.3 Å². The molecule has 0 saturated heterocycles. The Morgan fingerprint density at radius 1 is 1.10 bits per heavy atom. The zero-order valence-corrected chi connectivity index (χ0v) is 14.9. The topological polar surface area (TPSA) is 80.0 Å². The molecule has 7 heteroatoms. The van der Waals surface area contributed by atoms with Crippen molar-refractivity contribution in [3.8, 4) is 0 Å². The first-order valence-corrected chi connectivity index (χ1v) is 9.49. The van der Waals surface area contributed by atoms with Gasteiger partial charge in [0.15, 0.2) is 14.6 Å². The van der Waals surface area contributed by atoms with Gasteiger partial charge in [-0.3, -0.25) is 4.79 Å². The van der Waals surface area contributed by atoms with Gasteiger partial charge in [-0.2, -0.15) is 0 Å². The van der Waals surface area contributed by atoms with Crippen LogP contribution < -0.4 is 5.73 Å². The first-order valence-electron chi connectivity index (χ1n) is 6.58. The Labute approximate surface area is 123 Å². The molecular weight excluding hydrogens is 278 g/mol. The van der Waals surface area contributed by atoms with Crippen molar-refractivity contribution in [2.45, 2.75) is 57.3 Å². The van der Waals surface area contributed by atoms with Gasteiger partial charge < -0.3 is 24.4 Å². The van der Waals surface area contributed by atoms with E-state index < -0.39 is 32.7 Å². The van der Waals surface area contributed by atoms with E-state index in [0.717, 1.165) is 0 Å². The molecule has 0 aliphatic rings. The van der Waals surface area contributed by atoms with E-state index in [0.29, 0.717) is 0 Å². The third-order valence-electron chi connectivity index (χ3n) is 3.80. The summed E-state index contributed by atoms with van der Waals surface area (Å²) >= 11 is 0. The van der Waals surface area contributed by atoms with Gasteiger partial charge in [0.05, 0.1) is 7.11 Å². The predicted molar refractivity (Wildman–Crippen MR) is 79.9 cm³/mol. The highest BCUT2D eigenvalue weighted by Gasteiger charge is 2.44. The van der Waals surface area contributed by atoms with Crippen LogP contribution in [0.3, 0.4) is 0 Å². The molecule has 0 heterocycles. The number of esters is 1. The molecule has 120 valence electrons. The fourth-order valence-corrected chi connectivity index (χ4v) is 2.74. The van der Waals surface area contributed by atoms with Gasteiger partial charge in [-0.15, -0.1) is 0 Å². The van der Waals surface area contributed by atoms with Gasteiger partial charge in [-0.05, 0) is 18.1 Å². The molecule has 0 bridgehead atoms. The summed E-state index contributed by atoms with van der Waals surface area (Å²) in [6.07, 6.45) is -1.43. The fraction of sp³-hybridized carbons (Fsp3) is 0.923. The summed E-state index contributed by atoms with van der Waals surface area (Å²) in [5, 5.41) is -0.0207. The molecule has 0 unspecified atom stereocenters. The first-order chi connectivity index (χ1) is 9.01. The lowest BCUT2D eigenvalue weighted by atomic mass is 10.1. The Hall–Kier alpha value is -0.473. The van der Waals surface area contributed by atoms with E-state index in [2.05, 4.69) is 33.9 Å². The van der Waals surface area contributed by atoms with Crippen molar-refractivity contribution in [2.24, 2.45) is 5.73 Å². The Kier molecular flexibility index (Phi) is 7.33. The molecule has 0 saturated carbocycles. The summed E-state index contributed by atoms with van der Waals surface area (Å²) in [5.41, 5.74) is 5.94. The van der Waals surface area contributed by atoms with E-state index in [1.807, 2.05) is 0 Å². The highest BCUT2D eigenvalue weighted by molar-refractivity contribution is 6.74. The predicted octanol–water partition coefficient (Wildman–Crippen LogP) is 1.50. The van der Waals surface area contributed by atoms with E-state index in [1.165, 1.54) is 21.3 Å². The maximum Gasteiger partial charge on any atom is 0.325 e. The van der Waals surface area contributed by atoms with E-state index in [-0.39, 0.29) is 5.04 Å². The van der Waals surface area contributed by atoms with Gasteiger partial charge >= 0.3 is 5.97 Å². The van der Waals surface area contributed by atoms with Crippen molar-refractivity contribution in [1.82, 2.24) is 0 Å². The number of hydrogen-bond donors (Lipinski definition) is 1. The Morgan fingerprint density at radius 2 is 1.55 bits per heavy atom. The molecule has 0 aliphatic heterocycles. The fourth-order valence-electron chi connectivity index (χ4n) is 1.45. The Bertz CT molecular complexity index is 312. The summed E-state index contributed by atoms with van der Waals surface area (Å²) in [7, 11) is 2.13. The highest BCUT2D eigenvalue weighted by Crippen LogP contribution is 2.38. The first kappa shape index (κ1) is 19.5. The van der Waals surface area contributed by atoms with Crippen LogP contribution in [0.1, 0.15) is 20.8 Å². The minimum absolute atomic E-state index is 0.0207. The molecule has 0 spiro atoms. The number of carbonyl (C=O) groups excluding carboxylic acids is 1.